The number of hydrogen-bond donors (Lipinski definition) is 0. The Balaban J connectivity index is 1.80. The second-order valence-electron chi connectivity index (χ2n) is 6.61. The van der Waals surface area contributed by atoms with E-state index in [0.717, 1.165) is 22.9 Å². The van der Waals surface area contributed by atoms with Crippen LogP contribution in [-0.2, 0) is 6.42 Å². The summed E-state index contributed by atoms with van der Waals surface area (Å²) < 4.78 is 18.4. The average molecular weight is 458 g/mol. The molecular formula is C21H20BrN3O4. The maximum Gasteiger partial charge on any atom is 0.282 e. The second kappa shape index (κ2) is 8.24. The highest BCUT2D eigenvalue weighted by Crippen LogP contribution is 2.41. The molecule has 0 bridgehead atoms. The van der Waals surface area contributed by atoms with E-state index in [-0.39, 0.29) is 12.4 Å². The number of aromatic nitrogens is 2. The number of hydrogen-bond acceptors (Lipinski definition) is 6. The van der Waals surface area contributed by atoms with Gasteiger partial charge in [0, 0.05) is 16.5 Å². The van der Waals surface area contributed by atoms with Gasteiger partial charge in [-0.2, -0.15) is 9.78 Å². The number of benzene rings is 2. The molecule has 0 saturated heterocycles. The van der Waals surface area contributed by atoms with Crippen molar-refractivity contribution in [3.63, 3.8) is 0 Å². The van der Waals surface area contributed by atoms with Crippen LogP contribution in [0.1, 0.15) is 31.2 Å². The van der Waals surface area contributed by atoms with Crippen molar-refractivity contribution in [2.24, 2.45) is 5.10 Å². The van der Waals surface area contributed by atoms with Crippen molar-refractivity contribution in [1.82, 2.24) is 9.66 Å². The third-order valence-electron chi connectivity index (χ3n) is 4.63. The van der Waals surface area contributed by atoms with E-state index >= 15 is 0 Å². The lowest BCUT2D eigenvalue weighted by Crippen LogP contribution is -2.22. The van der Waals surface area contributed by atoms with Crippen molar-refractivity contribution < 1.29 is 14.2 Å². The van der Waals surface area contributed by atoms with Crippen LogP contribution in [0.5, 0.6) is 17.2 Å². The fraction of sp³-hybridized carbons (Fsp3) is 0.286. The summed E-state index contributed by atoms with van der Waals surface area (Å²) in [6, 6.07) is 9.08. The van der Waals surface area contributed by atoms with Crippen LogP contribution in [0.2, 0.25) is 0 Å². The molecule has 2 heterocycles. The molecule has 4 rings (SSSR count). The van der Waals surface area contributed by atoms with Crippen LogP contribution in [0.3, 0.4) is 0 Å². The molecule has 7 nitrogen and oxygen atoms in total. The van der Waals surface area contributed by atoms with E-state index in [9.17, 15) is 4.79 Å². The van der Waals surface area contributed by atoms with Crippen molar-refractivity contribution in [2.75, 3.05) is 13.9 Å². The Morgan fingerprint density at radius 3 is 2.97 bits per heavy atom. The topological polar surface area (TPSA) is 74.9 Å². The number of nitrogens with zero attached hydrogens (tertiary/aromatic N) is 3. The number of unbranched alkanes of at least 4 members (excludes halogenated alkanes) is 1. The fourth-order valence-corrected chi connectivity index (χ4v) is 3.52. The lowest BCUT2D eigenvalue weighted by molar-refractivity contribution is 0.171. The van der Waals surface area contributed by atoms with Gasteiger partial charge in [-0.05, 0) is 36.8 Å². The first-order chi connectivity index (χ1) is 14.1. The highest BCUT2D eigenvalue weighted by atomic mass is 79.9. The second-order valence-corrected chi connectivity index (χ2v) is 7.53. The molecule has 2 aromatic carbocycles. The summed E-state index contributed by atoms with van der Waals surface area (Å²) in [5, 5.41) is 4.97. The van der Waals surface area contributed by atoms with E-state index in [0.29, 0.717) is 40.4 Å². The Morgan fingerprint density at radius 2 is 2.17 bits per heavy atom. The van der Waals surface area contributed by atoms with Gasteiger partial charge in [0.2, 0.25) is 12.5 Å². The zero-order valence-corrected chi connectivity index (χ0v) is 17.7. The fourth-order valence-electron chi connectivity index (χ4n) is 3.16. The minimum absolute atomic E-state index is 0.149. The first kappa shape index (κ1) is 19.4. The number of fused-ring (bicyclic) bond motifs is 2. The van der Waals surface area contributed by atoms with Gasteiger partial charge in [-0.1, -0.05) is 29.3 Å². The number of rotatable bonds is 6. The molecule has 0 fully saturated rings. The standard InChI is InChI=1S/C21H20BrN3O4/c1-3-4-5-19-24-16-7-6-14(22)10-15(16)21(26)25(19)23-11-13-8-17(27-2)20-18(9-13)28-12-29-20/h6-11H,3-5,12H2,1-2H3. The van der Waals surface area contributed by atoms with Crippen LogP contribution < -0.4 is 19.8 Å². The molecule has 8 heteroatoms. The normalized spacial score (nSPS) is 12.8. The highest BCUT2D eigenvalue weighted by Gasteiger charge is 2.19. The summed E-state index contributed by atoms with van der Waals surface area (Å²) in [7, 11) is 1.57. The zero-order valence-electron chi connectivity index (χ0n) is 16.1. The van der Waals surface area contributed by atoms with Gasteiger partial charge < -0.3 is 14.2 Å². The molecular weight excluding hydrogens is 438 g/mol. The molecule has 29 heavy (non-hydrogen) atoms. The van der Waals surface area contributed by atoms with Gasteiger partial charge in [0.25, 0.3) is 5.56 Å². The van der Waals surface area contributed by atoms with Gasteiger partial charge in [0.1, 0.15) is 5.82 Å². The molecule has 0 N–H and O–H groups in total. The minimum Gasteiger partial charge on any atom is -0.493 e. The van der Waals surface area contributed by atoms with Crippen molar-refractivity contribution >= 4 is 33.0 Å². The summed E-state index contributed by atoms with van der Waals surface area (Å²) in [5.41, 5.74) is 1.20. The van der Waals surface area contributed by atoms with Crippen molar-refractivity contribution in [3.8, 4) is 17.2 Å². The number of aryl methyl sites for hydroxylation is 1. The summed E-state index contributed by atoms with van der Waals surface area (Å²) in [6.07, 6.45) is 4.19. The Kier molecular flexibility index (Phi) is 5.53. The monoisotopic (exact) mass is 457 g/mol. The molecule has 0 saturated carbocycles. The predicted molar refractivity (Wildman–Crippen MR) is 114 cm³/mol. The third-order valence-corrected chi connectivity index (χ3v) is 5.13. The summed E-state index contributed by atoms with van der Waals surface area (Å²) in [5.74, 6) is 2.35. The van der Waals surface area contributed by atoms with Gasteiger partial charge in [-0.15, -0.1) is 0 Å². The third kappa shape index (κ3) is 3.85. The lowest BCUT2D eigenvalue weighted by Gasteiger charge is -2.09. The average Bonchev–Trinajstić information content (AvgIpc) is 3.20. The van der Waals surface area contributed by atoms with Gasteiger partial charge in [-0.25, -0.2) is 4.98 Å². The highest BCUT2D eigenvalue weighted by molar-refractivity contribution is 9.10. The molecule has 0 aliphatic carbocycles. The van der Waals surface area contributed by atoms with Crippen LogP contribution in [0.25, 0.3) is 10.9 Å². The quantitative estimate of drug-likeness (QED) is 0.520. The molecule has 1 aliphatic rings. The number of halogens is 1. The van der Waals surface area contributed by atoms with E-state index < -0.39 is 0 Å². The summed E-state index contributed by atoms with van der Waals surface area (Å²) in [4.78, 5) is 17.8. The maximum atomic E-state index is 13.1. The largest absolute Gasteiger partial charge is 0.493 e. The van der Waals surface area contributed by atoms with Gasteiger partial charge in [-0.3, -0.25) is 4.79 Å². The summed E-state index contributed by atoms with van der Waals surface area (Å²) >= 11 is 3.42. The van der Waals surface area contributed by atoms with Crippen molar-refractivity contribution in [3.05, 3.63) is 56.5 Å². The number of ether oxygens (including phenoxy) is 3. The van der Waals surface area contributed by atoms with E-state index in [1.54, 1.807) is 31.5 Å². The van der Waals surface area contributed by atoms with E-state index in [4.69, 9.17) is 14.2 Å². The smallest absolute Gasteiger partial charge is 0.282 e. The SMILES string of the molecule is CCCCc1nc2ccc(Br)cc2c(=O)n1N=Cc1cc(OC)c2c(c1)OCO2. The molecule has 3 aromatic rings. The van der Waals surface area contributed by atoms with Crippen LogP contribution >= 0.6 is 15.9 Å². The van der Waals surface area contributed by atoms with Crippen LogP contribution in [0.15, 0.2) is 44.7 Å². The molecule has 150 valence electrons. The van der Waals surface area contributed by atoms with Crippen LogP contribution in [0, 0.1) is 0 Å². The minimum atomic E-state index is -0.202. The Labute approximate surface area is 176 Å². The van der Waals surface area contributed by atoms with Crippen LogP contribution in [0.4, 0.5) is 0 Å². The Hall–Kier alpha value is -2.87. The van der Waals surface area contributed by atoms with Crippen LogP contribution in [-0.4, -0.2) is 29.8 Å². The predicted octanol–water partition coefficient (Wildman–Crippen LogP) is 4.12. The van der Waals surface area contributed by atoms with Gasteiger partial charge >= 0.3 is 0 Å². The molecule has 1 aromatic heterocycles. The molecule has 0 unspecified atom stereocenters. The van der Waals surface area contributed by atoms with Crippen molar-refractivity contribution in [1.29, 1.82) is 0 Å². The first-order valence-corrected chi connectivity index (χ1v) is 10.1. The zero-order chi connectivity index (χ0) is 20.4. The maximum absolute atomic E-state index is 13.1. The molecule has 0 spiro atoms. The van der Waals surface area contributed by atoms with E-state index in [2.05, 4.69) is 32.9 Å². The number of methoxy groups -OCH3 is 1. The molecule has 0 radical (unpaired) electrons. The molecule has 0 amide bonds. The molecule has 0 atom stereocenters. The Morgan fingerprint density at radius 1 is 1.31 bits per heavy atom. The Bertz CT molecular complexity index is 1160. The lowest BCUT2D eigenvalue weighted by atomic mass is 10.2. The van der Waals surface area contributed by atoms with Gasteiger partial charge in [0.05, 0.1) is 24.2 Å². The van der Waals surface area contributed by atoms with Crippen molar-refractivity contribution in [2.45, 2.75) is 26.2 Å². The van der Waals surface area contributed by atoms with E-state index in [1.807, 2.05) is 12.1 Å². The first-order valence-electron chi connectivity index (χ1n) is 9.34. The molecule has 1 aliphatic heterocycles. The summed E-state index contributed by atoms with van der Waals surface area (Å²) in [6.45, 7) is 2.25. The van der Waals surface area contributed by atoms with E-state index in [1.165, 1.54) is 4.68 Å². The van der Waals surface area contributed by atoms with Gasteiger partial charge in [0.15, 0.2) is 11.5 Å².